The Labute approximate surface area is 206 Å². The minimum absolute atomic E-state index is 0.0443. The van der Waals surface area contributed by atoms with Crippen molar-refractivity contribution in [2.24, 2.45) is 5.92 Å². The van der Waals surface area contributed by atoms with Crippen LogP contribution in [-0.2, 0) is 15.8 Å². The van der Waals surface area contributed by atoms with Gasteiger partial charge in [-0.2, -0.15) is 4.31 Å². The number of aromatic nitrogens is 2. The Bertz CT molecular complexity index is 1260. The Morgan fingerprint density at radius 1 is 1.18 bits per heavy atom. The second kappa shape index (κ2) is 10.9. The van der Waals surface area contributed by atoms with E-state index < -0.39 is 10.0 Å². The number of ketones is 1. The van der Waals surface area contributed by atoms with Gasteiger partial charge in [0, 0.05) is 24.4 Å². The molecule has 0 radical (unpaired) electrons. The highest BCUT2D eigenvalue weighted by molar-refractivity contribution is 8.00. The molecule has 0 amide bonds. The fourth-order valence-electron chi connectivity index (χ4n) is 3.56. The van der Waals surface area contributed by atoms with Crippen molar-refractivity contribution in [2.75, 3.05) is 25.0 Å². The van der Waals surface area contributed by atoms with Crippen LogP contribution in [0.3, 0.4) is 0 Å². The predicted molar refractivity (Wildman–Crippen MR) is 132 cm³/mol. The number of benzene rings is 2. The van der Waals surface area contributed by atoms with Crippen LogP contribution in [0.2, 0.25) is 0 Å². The molecule has 0 atom stereocenters. The second-order valence-corrected chi connectivity index (χ2v) is 12.3. The molecule has 7 nitrogen and oxygen atoms in total. The molecule has 1 N–H and O–H groups in total. The SMILES string of the molecule is CC1CCN(S(=O)(=O)c2cccc(C(=O)CNc3nnc(SCc4ccccc4F)s3)c2)CC1. The Kier molecular flexibility index (Phi) is 7.97. The smallest absolute Gasteiger partial charge is 0.243 e. The van der Waals surface area contributed by atoms with Gasteiger partial charge in [0.25, 0.3) is 0 Å². The summed E-state index contributed by atoms with van der Waals surface area (Å²) >= 11 is 2.64. The molecule has 2 aromatic carbocycles. The van der Waals surface area contributed by atoms with Gasteiger partial charge in [-0.1, -0.05) is 60.4 Å². The molecule has 0 bridgehead atoms. The Morgan fingerprint density at radius 3 is 2.71 bits per heavy atom. The van der Waals surface area contributed by atoms with Gasteiger partial charge in [-0.3, -0.25) is 4.79 Å². The summed E-state index contributed by atoms with van der Waals surface area (Å²) in [7, 11) is -3.63. The zero-order valence-electron chi connectivity index (χ0n) is 18.6. The molecule has 1 saturated heterocycles. The number of piperidine rings is 1. The van der Waals surface area contributed by atoms with Crippen molar-refractivity contribution >= 4 is 44.0 Å². The average Bonchev–Trinajstić information content (AvgIpc) is 3.30. The van der Waals surface area contributed by atoms with Crippen molar-refractivity contribution < 1.29 is 17.6 Å². The molecule has 0 unspecified atom stereocenters. The summed E-state index contributed by atoms with van der Waals surface area (Å²) in [6.07, 6.45) is 1.67. The molecule has 2 heterocycles. The maximum Gasteiger partial charge on any atom is 0.243 e. The Balaban J connectivity index is 1.34. The number of carbonyl (C=O) groups excluding carboxylic acids is 1. The van der Waals surface area contributed by atoms with Gasteiger partial charge in [-0.25, -0.2) is 12.8 Å². The summed E-state index contributed by atoms with van der Waals surface area (Å²) in [4.78, 5) is 12.8. The van der Waals surface area contributed by atoms with Gasteiger partial charge in [0.15, 0.2) is 10.1 Å². The van der Waals surface area contributed by atoms with Crippen molar-refractivity contribution in [1.82, 2.24) is 14.5 Å². The van der Waals surface area contributed by atoms with Crippen LogP contribution in [0.4, 0.5) is 9.52 Å². The maximum absolute atomic E-state index is 13.8. The first-order valence-corrected chi connectivity index (χ1v) is 14.1. The normalized spacial score (nSPS) is 15.4. The van der Waals surface area contributed by atoms with Crippen molar-refractivity contribution in [3.63, 3.8) is 0 Å². The minimum Gasteiger partial charge on any atom is -0.353 e. The first kappa shape index (κ1) is 24.8. The first-order chi connectivity index (χ1) is 16.3. The van der Waals surface area contributed by atoms with E-state index in [1.807, 2.05) is 0 Å². The molecular weight excluding hydrogens is 495 g/mol. The number of thioether (sulfide) groups is 1. The van der Waals surface area contributed by atoms with Crippen LogP contribution < -0.4 is 5.32 Å². The highest BCUT2D eigenvalue weighted by Crippen LogP contribution is 2.29. The third kappa shape index (κ3) is 6.01. The molecule has 0 aliphatic carbocycles. The lowest BCUT2D eigenvalue weighted by Gasteiger charge is -2.29. The number of nitrogens with zero attached hydrogens (tertiary/aromatic N) is 3. The largest absolute Gasteiger partial charge is 0.353 e. The summed E-state index contributed by atoms with van der Waals surface area (Å²) in [5, 5.41) is 11.5. The van der Waals surface area contributed by atoms with Crippen molar-refractivity contribution in [3.05, 3.63) is 65.5 Å². The molecule has 0 spiro atoms. The third-order valence-corrected chi connectivity index (χ3v) is 9.61. The Morgan fingerprint density at radius 2 is 1.94 bits per heavy atom. The summed E-state index contributed by atoms with van der Waals surface area (Å²) in [5.41, 5.74) is 0.902. The van der Waals surface area contributed by atoms with E-state index in [2.05, 4.69) is 22.4 Å². The molecule has 1 aliphatic rings. The van der Waals surface area contributed by atoms with E-state index in [-0.39, 0.29) is 23.0 Å². The molecule has 4 rings (SSSR count). The lowest BCUT2D eigenvalue weighted by Crippen LogP contribution is -2.37. The summed E-state index contributed by atoms with van der Waals surface area (Å²) in [6.45, 7) is 3.07. The summed E-state index contributed by atoms with van der Waals surface area (Å²) in [6, 6.07) is 12.7. The molecule has 34 heavy (non-hydrogen) atoms. The zero-order chi connectivity index (χ0) is 24.1. The number of hydrogen-bond acceptors (Lipinski definition) is 8. The van der Waals surface area contributed by atoms with Crippen LogP contribution in [0.5, 0.6) is 0 Å². The number of hydrogen-bond donors (Lipinski definition) is 1. The van der Waals surface area contributed by atoms with Crippen LogP contribution in [0.1, 0.15) is 35.7 Å². The van der Waals surface area contributed by atoms with Crippen molar-refractivity contribution in [3.8, 4) is 0 Å². The van der Waals surface area contributed by atoms with Crippen LogP contribution >= 0.6 is 23.1 Å². The highest BCUT2D eigenvalue weighted by Gasteiger charge is 2.28. The van der Waals surface area contributed by atoms with E-state index in [4.69, 9.17) is 0 Å². The summed E-state index contributed by atoms with van der Waals surface area (Å²) < 4.78 is 41.9. The summed E-state index contributed by atoms with van der Waals surface area (Å²) in [5.74, 6) is 0.434. The molecule has 0 saturated carbocycles. The number of Topliss-reactive ketones (excluding diaryl/α,β-unsaturated/α-hetero) is 1. The van der Waals surface area contributed by atoms with E-state index >= 15 is 0 Å². The van der Waals surface area contributed by atoms with Gasteiger partial charge >= 0.3 is 0 Å². The van der Waals surface area contributed by atoms with E-state index in [1.165, 1.54) is 45.6 Å². The molecule has 11 heteroatoms. The molecule has 1 fully saturated rings. The van der Waals surface area contributed by atoms with Gasteiger partial charge in [0.05, 0.1) is 11.4 Å². The monoisotopic (exact) mass is 520 g/mol. The molecule has 1 aromatic heterocycles. The average molecular weight is 521 g/mol. The topological polar surface area (TPSA) is 92.3 Å². The fraction of sp³-hybridized carbons (Fsp3) is 0.348. The lowest BCUT2D eigenvalue weighted by molar-refractivity contribution is 0.101. The van der Waals surface area contributed by atoms with E-state index in [0.717, 1.165) is 12.8 Å². The number of nitrogens with one attached hydrogen (secondary N) is 1. The molecule has 3 aromatic rings. The van der Waals surface area contributed by atoms with Gasteiger partial charge in [0.2, 0.25) is 15.2 Å². The van der Waals surface area contributed by atoms with Crippen LogP contribution in [0, 0.1) is 11.7 Å². The standard InChI is InChI=1S/C23H25FN4O3S3/c1-16-9-11-28(12-10-16)34(30,31)19-7-4-6-17(13-19)21(29)14-25-22-26-27-23(33-22)32-15-18-5-2-3-8-20(18)24/h2-8,13,16H,9-12,14-15H2,1H3,(H,25,26). The number of halogens is 1. The first-order valence-electron chi connectivity index (χ1n) is 10.9. The predicted octanol–water partition coefficient (Wildman–Crippen LogP) is 4.68. The van der Waals surface area contributed by atoms with Crippen LogP contribution in [0.15, 0.2) is 57.8 Å². The van der Waals surface area contributed by atoms with Crippen LogP contribution in [0.25, 0.3) is 0 Å². The van der Waals surface area contributed by atoms with Gasteiger partial charge in [-0.05, 0) is 42.5 Å². The van der Waals surface area contributed by atoms with Crippen molar-refractivity contribution in [2.45, 2.75) is 34.8 Å². The van der Waals surface area contributed by atoms with Crippen molar-refractivity contribution in [1.29, 1.82) is 0 Å². The van der Waals surface area contributed by atoms with E-state index in [0.29, 0.717) is 45.4 Å². The van der Waals surface area contributed by atoms with E-state index in [1.54, 1.807) is 30.3 Å². The zero-order valence-corrected chi connectivity index (χ0v) is 21.1. The Hall–Kier alpha value is -2.34. The van der Waals surface area contributed by atoms with Gasteiger partial charge < -0.3 is 5.32 Å². The number of sulfonamides is 1. The number of rotatable bonds is 9. The highest BCUT2D eigenvalue weighted by atomic mass is 32.2. The van der Waals surface area contributed by atoms with E-state index in [9.17, 15) is 17.6 Å². The second-order valence-electron chi connectivity index (χ2n) is 8.14. The lowest BCUT2D eigenvalue weighted by atomic mass is 10.0. The third-order valence-electron chi connectivity index (χ3n) is 5.65. The van der Waals surface area contributed by atoms with Gasteiger partial charge in [-0.15, -0.1) is 10.2 Å². The number of anilines is 1. The molecular formula is C23H25FN4O3S3. The van der Waals surface area contributed by atoms with Crippen LogP contribution in [-0.4, -0.2) is 48.3 Å². The maximum atomic E-state index is 13.8. The quantitative estimate of drug-likeness (QED) is 0.323. The number of carbonyl (C=O) groups is 1. The minimum atomic E-state index is -3.63. The molecule has 180 valence electrons. The molecule has 1 aliphatic heterocycles. The fourth-order valence-corrected chi connectivity index (χ4v) is 6.81. The van der Waals surface area contributed by atoms with Gasteiger partial charge in [0.1, 0.15) is 5.82 Å².